The molecular formula is C21H18ClN3O2. The van der Waals surface area contributed by atoms with Gasteiger partial charge in [-0.15, -0.1) is 0 Å². The van der Waals surface area contributed by atoms with Crippen molar-refractivity contribution in [3.63, 3.8) is 0 Å². The van der Waals surface area contributed by atoms with E-state index in [1.54, 1.807) is 24.1 Å². The molecule has 5 nitrogen and oxygen atoms in total. The largest absolute Gasteiger partial charge is 0.459 e. The molecule has 6 heteroatoms. The number of furan rings is 1. The van der Waals surface area contributed by atoms with E-state index in [-0.39, 0.29) is 5.91 Å². The lowest BCUT2D eigenvalue weighted by atomic mass is 10.2. The number of hydrogen-bond donors (Lipinski definition) is 0. The predicted octanol–water partition coefficient (Wildman–Crippen LogP) is 4.60. The van der Waals surface area contributed by atoms with Crippen LogP contribution in [0.5, 0.6) is 0 Å². The van der Waals surface area contributed by atoms with Crippen LogP contribution in [0.4, 0.5) is 0 Å². The lowest BCUT2D eigenvalue weighted by molar-refractivity contribution is 0.0749. The maximum atomic E-state index is 12.5. The summed E-state index contributed by atoms with van der Waals surface area (Å²) in [7, 11) is 1.74. The van der Waals surface area contributed by atoms with Gasteiger partial charge in [-0.05, 0) is 42.0 Å². The van der Waals surface area contributed by atoms with Crippen LogP contribution in [-0.2, 0) is 13.1 Å². The van der Waals surface area contributed by atoms with Gasteiger partial charge >= 0.3 is 0 Å². The number of carbonyl (C=O) groups excluding carboxylic acids is 1. The third-order valence-corrected chi connectivity index (χ3v) is 4.66. The Hall–Kier alpha value is -3.05. The van der Waals surface area contributed by atoms with E-state index in [0.717, 1.165) is 22.4 Å². The van der Waals surface area contributed by atoms with E-state index in [4.69, 9.17) is 21.0 Å². The van der Waals surface area contributed by atoms with Crippen molar-refractivity contribution in [2.45, 2.75) is 13.1 Å². The van der Waals surface area contributed by atoms with E-state index >= 15 is 0 Å². The van der Waals surface area contributed by atoms with Crippen LogP contribution in [0.25, 0.3) is 11.0 Å². The quantitative estimate of drug-likeness (QED) is 0.509. The maximum absolute atomic E-state index is 12.5. The van der Waals surface area contributed by atoms with Gasteiger partial charge < -0.3 is 13.9 Å². The average Bonchev–Trinajstić information content (AvgIpc) is 3.30. The first kappa shape index (κ1) is 17.4. The molecule has 0 unspecified atom stereocenters. The Bertz CT molecular complexity index is 1090. The van der Waals surface area contributed by atoms with Crippen molar-refractivity contribution >= 4 is 28.5 Å². The zero-order valence-electron chi connectivity index (χ0n) is 14.8. The van der Waals surface area contributed by atoms with E-state index in [2.05, 4.69) is 4.57 Å². The van der Waals surface area contributed by atoms with Gasteiger partial charge in [-0.2, -0.15) is 0 Å². The number of hydrogen-bond acceptors (Lipinski definition) is 3. The first-order valence-electron chi connectivity index (χ1n) is 8.59. The van der Waals surface area contributed by atoms with Crippen molar-refractivity contribution in [2.75, 3.05) is 7.05 Å². The van der Waals surface area contributed by atoms with Gasteiger partial charge in [-0.3, -0.25) is 4.79 Å². The number of benzene rings is 2. The van der Waals surface area contributed by atoms with E-state index in [1.165, 1.54) is 6.26 Å². The number of carbonyl (C=O) groups is 1. The number of fused-ring (bicyclic) bond motifs is 1. The highest BCUT2D eigenvalue weighted by atomic mass is 35.5. The molecule has 0 aliphatic heterocycles. The van der Waals surface area contributed by atoms with Crippen molar-refractivity contribution in [3.05, 3.63) is 89.1 Å². The normalized spacial score (nSPS) is 11.0. The highest BCUT2D eigenvalue weighted by Crippen LogP contribution is 2.21. The molecule has 2 aromatic carbocycles. The van der Waals surface area contributed by atoms with Gasteiger partial charge in [-0.25, -0.2) is 4.98 Å². The van der Waals surface area contributed by atoms with Gasteiger partial charge in [0.25, 0.3) is 5.91 Å². The Kier molecular flexibility index (Phi) is 4.69. The van der Waals surface area contributed by atoms with E-state index in [0.29, 0.717) is 23.9 Å². The molecule has 0 aliphatic rings. The number of halogens is 1. The topological polar surface area (TPSA) is 51.3 Å². The van der Waals surface area contributed by atoms with Crippen LogP contribution in [0.3, 0.4) is 0 Å². The highest BCUT2D eigenvalue weighted by Gasteiger charge is 2.18. The molecule has 0 aliphatic carbocycles. The Morgan fingerprint density at radius 3 is 2.78 bits per heavy atom. The minimum absolute atomic E-state index is 0.179. The summed E-state index contributed by atoms with van der Waals surface area (Å²) in [5, 5.41) is 0.698. The van der Waals surface area contributed by atoms with Crippen molar-refractivity contribution in [3.8, 4) is 0 Å². The van der Waals surface area contributed by atoms with E-state index < -0.39 is 0 Å². The Morgan fingerprint density at radius 2 is 2.00 bits per heavy atom. The lowest BCUT2D eigenvalue weighted by Gasteiger charge is -2.17. The molecule has 0 atom stereocenters. The van der Waals surface area contributed by atoms with E-state index in [9.17, 15) is 4.79 Å². The van der Waals surface area contributed by atoms with Gasteiger partial charge in [0.15, 0.2) is 5.76 Å². The van der Waals surface area contributed by atoms with Gasteiger partial charge in [-0.1, -0.05) is 35.9 Å². The second kappa shape index (κ2) is 7.29. The van der Waals surface area contributed by atoms with E-state index in [1.807, 2.05) is 48.5 Å². The number of para-hydroxylation sites is 2. The Balaban J connectivity index is 1.68. The molecule has 0 spiro atoms. The molecule has 0 saturated carbocycles. The second-order valence-corrected chi connectivity index (χ2v) is 6.81. The fourth-order valence-electron chi connectivity index (χ4n) is 3.11. The lowest BCUT2D eigenvalue weighted by Crippen LogP contribution is -2.27. The van der Waals surface area contributed by atoms with Crippen LogP contribution < -0.4 is 0 Å². The van der Waals surface area contributed by atoms with Crippen LogP contribution in [-0.4, -0.2) is 27.4 Å². The van der Waals surface area contributed by atoms with Crippen LogP contribution in [0, 0.1) is 0 Å². The minimum Gasteiger partial charge on any atom is -0.459 e. The molecule has 0 saturated heterocycles. The summed E-state index contributed by atoms with van der Waals surface area (Å²) in [6.07, 6.45) is 1.50. The van der Waals surface area contributed by atoms with Gasteiger partial charge in [0.05, 0.1) is 23.8 Å². The fourth-order valence-corrected chi connectivity index (χ4v) is 3.33. The minimum atomic E-state index is -0.179. The molecule has 0 bridgehead atoms. The first-order chi connectivity index (χ1) is 13.1. The number of aromatic nitrogens is 2. The summed E-state index contributed by atoms with van der Waals surface area (Å²) < 4.78 is 7.34. The zero-order chi connectivity index (χ0) is 18.8. The zero-order valence-corrected chi connectivity index (χ0v) is 15.6. The third kappa shape index (κ3) is 3.59. The predicted molar refractivity (Wildman–Crippen MR) is 105 cm³/mol. The molecule has 2 heterocycles. The monoisotopic (exact) mass is 379 g/mol. The molecule has 4 rings (SSSR count). The fraction of sp³-hybridized carbons (Fsp3) is 0.143. The van der Waals surface area contributed by atoms with Crippen molar-refractivity contribution in [1.29, 1.82) is 0 Å². The maximum Gasteiger partial charge on any atom is 0.289 e. The molecule has 1 amide bonds. The Morgan fingerprint density at radius 1 is 1.15 bits per heavy atom. The number of imidazole rings is 1. The summed E-state index contributed by atoms with van der Waals surface area (Å²) in [4.78, 5) is 18.9. The van der Waals surface area contributed by atoms with Crippen molar-refractivity contribution in [1.82, 2.24) is 14.5 Å². The number of amides is 1. The van der Waals surface area contributed by atoms with Crippen LogP contribution in [0.1, 0.15) is 21.9 Å². The average molecular weight is 380 g/mol. The van der Waals surface area contributed by atoms with Crippen molar-refractivity contribution in [2.24, 2.45) is 0 Å². The Labute approximate surface area is 161 Å². The molecule has 136 valence electrons. The smallest absolute Gasteiger partial charge is 0.289 e. The van der Waals surface area contributed by atoms with Gasteiger partial charge in [0.1, 0.15) is 5.82 Å². The standard InChI is InChI=1S/C21H18ClN3O2/c1-24(21(26)19-10-5-11-27-19)14-20-23-17-8-2-3-9-18(17)25(20)13-15-6-4-7-16(22)12-15/h2-12H,13-14H2,1H3. The van der Waals surface area contributed by atoms with Crippen LogP contribution >= 0.6 is 11.6 Å². The summed E-state index contributed by atoms with van der Waals surface area (Å²) in [5.74, 6) is 0.940. The molecule has 2 aromatic heterocycles. The SMILES string of the molecule is CN(Cc1nc2ccccc2n1Cc1cccc(Cl)c1)C(=O)c1ccco1. The van der Waals surface area contributed by atoms with Gasteiger partial charge in [0, 0.05) is 18.6 Å². The molecule has 0 N–H and O–H groups in total. The van der Waals surface area contributed by atoms with Crippen LogP contribution in [0.2, 0.25) is 5.02 Å². The summed E-state index contributed by atoms with van der Waals surface area (Å²) in [6, 6.07) is 19.1. The number of rotatable bonds is 5. The summed E-state index contributed by atoms with van der Waals surface area (Å²) in [6.45, 7) is 0.994. The molecule has 27 heavy (non-hydrogen) atoms. The van der Waals surface area contributed by atoms with Gasteiger partial charge in [0.2, 0.25) is 0 Å². The number of nitrogens with zero attached hydrogens (tertiary/aromatic N) is 3. The van der Waals surface area contributed by atoms with Crippen molar-refractivity contribution < 1.29 is 9.21 Å². The third-order valence-electron chi connectivity index (χ3n) is 4.42. The molecule has 4 aromatic rings. The molecule has 0 radical (unpaired) electrons. The molecular weight excluding hydrogens is 362 g/mol. The summed E-state index contributed by atoms with van der Waals surface area (Å²) >= 11 is 6.14. The first-order valence-corrected chi connectivity index (χ1v) is 8.97. The summed E-state index contributed by atoms with van der Waals surface area (Å²) in [5.41, 5.74) is 2.99. The van der Waals surface area contributed by atoms with Crippen LogP contribution in [0.15, 0.2) is 71.3 Å². The highest BCUT2D eigenvalue weighted by molar-refractivity contribution is 6.30. The second-order valence-electron chi connectivity index (χ2n) is 6.37. The molecule has 0 fully saturated rings.